The molecule has 0 radical (unpaired) electrons. The fraction of sp³-hybridized carbons (Fsp3) is 0.220. The third-order valence-electron chi connectivity index (χ3n) is 9.88. The Kier molecular flexibility index (Phi) is 29.9. The maximum atomic E-state index is 9.15. The summed E-state index contributed by atoms with van der Waals surface area (Å²) < 4.78 is 71.1. The van der Waals surface area contributed by atoms with Gasteiger partial charge in [-0.25, -0.2) is 0 Å². The van der Waals surface area contributed by atoms with Crippen molar-refractivity contribution in [3.63, 3.8) is 0 Å². The molecule has 0 amide bonds. The third-order valence-corrected chi connectivity index (χ3v) is 10.2. The molecule has 7 rings (SSSR count). The number of hydrogen-bond donors (Lipinski definition) is 0. The molecule has 19 heteroatoms. The topological polar surface area (TPSA) is 208 Å². The molecule has 0 aromatic heterocycles. The molecular formula is C50H52KNaO16S-2. The second kappa shape index (κ2) is 33.0. The van der Waals surface area contributed by atoms with Crippen LogP contribution in [0.1, 0.15) is 34.5 Å². The zero-order chi connectivity index (χ0) is 48.0. The third kappa shape index (κ3) is 17.9. The number of epoxide rings is 1. The summed E-state index contributed by atoms with van der Waals surface area (Å²) in [7, 11) is 11.9. The molecule has 6 aromatic rings. The maximum absolute atomic E-state index is 9.15. The summed E-state index contributed by atoms with van der Waals surface area (Å²) in [5, 5.41) is 8.43. The van der Waals surface area contributed by atoms with Gasteiger partial charge in [-0.15, -0.1) is 0 Å². The molecule has 16 nitrogen and oxygen atoms in total. The second-order valence-electron chi connectivity index (χ2n) is 13.4. The van der Waals surface area contributed by atoms with Crippen LogP contribution in [0.4, 0.5) is 0 Å². The van der Waals surface area contributed by atoms with Gasteiger partial charge in [-0.3, -0.25) is 4.79 Å². The van der Waals surface area contributed by atoms with E-state index in [4.69, 9.17) is 61.1 Å². The Hall–Kier alpha value is -4.64. The molecule has 0 N–H and O–H groups in total. The van der Waals surface area contributed by atoms with Crippen LogP contribution in [0.5, 0.6) is 46.0 Å². The van der Waals surface area contributed by atoms with Crippen molar-refractivity contribution >= 4 is 29.6 Å². The summed E-state index contributed by atoms with van der Waals surface area (Å²) in [6.07, 6.45) is 4.11. The van der Waals surface area contributed by atoms with Crippen molar-refractivity contribution in [2.24, 2.45) is 0 Å². The van der Waals surface area contributed by atoms with Gasteiger partial charge < -0.3 is 70.9 Å². The van der Waals surface area contributed by atoms with Gasteiger partial charge in [-0.05, 0) is 93.0 Å². The van der Waals surface area contributed by atoms with Gasteiger partial charge in [0.15, 0.2) is 46.0 Å². The van der Waals surface area contributed by atoms with Gasteiger partial charge in [0.2, 0.25) is 0 Å². The molecule has 1 aliphatic rings. The second-order valence-corrected chi connectivity index (χ2v) is 14.2. The molecule has 1 aliphatic heterocycles. The Morgan fingerprint density at radius 3 is 1.39 bits per heavy atom. The minimum Gasteiger partial charge on any atom is -2.00 e. The van der Waals surface area contributed by atoms with Gasteiger partial charge in [0.05, 0.1) is 67.9 Å². The predicted molar refractivity (Wildman–Crippen MR) is 248 cm³/mol. The van der Waals surface area contributed by atoms with Crippen LogP contribution in [0.25, 0.3) is 34.4 Å². The monoisotopic (exact) mass is 1000 g/mol. The number of benzene rings is 6. The zero-order valence-corrected chi connectivity index (χ0v) is 46.3. The average molecular weight is 1000 g/mol. The average Bonchev–Trinajstić information content (AvgIpc) is 4.19. The minimum atomic E-state index is -2.32. The van der Waals surface area contributed by atoms with E-state index >= 15 is 0 Å². The Morgan fingerprint density at radius 1 is 0.507 bits per heavy atom. The van der Waals surface area contributed by atoms with E-state index in [1.54, 1.807) is 56.9 Å². The first-order chi connectivity index (χ1) is 32.1. The molecule has 69 heavy (non-hydrogen) atoms. The summed E-state index contributed by atoms with van der Waals surface area (Å²) in [5.41, 5.74) is 8.67. The van der Waals surface area contributed by atoms with Crippen LogP contribution in [-0.2, 0) is 43.5 Å². The van der Waals surface area contributed by atoms with E-state index in [2.05, 4.69) is 45.5 Å². The zero-order valence-electron chi connectivity index (χ0n) is 40.4. The van der Waals surface area contributed by atoms with E-state index in [9.17, 15) is 0 Å². The van der Waals surface area contributed by atoms with E-state index in [-0.39, 0.29) is 105 Å². The van der Waals surface area contributed by atoms with E-state index in [0.717, 1.165) is 51.6 Å². The molecule has 0 aliphatic carbocycles. The molecule has 6 aromatic carbocycles. The van der Waals surface area contributed by atoms with Crippen molar-refractivity contribution in [2.45, 2.75) is 12.2 Å². The summed E-state index contributed by atoms with van der Waals surface area (Å²) in [4.78, 5) is 11.2. The number of hydrogen-bond acceptors (Lipinski definition) is 16. The van der Waals surface area contributed by atoms with Gasteiger partial charge in [-0.2, -0.15) is 0 Å². The Labute approximate surface area is 469 Å². The molecule has 0 spiro atoms. The quantitative estimate of drug-likeness (QED) is 0.0260. The molecule has 2 atom stereocenters. The molecule has 2 unspecified atom stereocenters. The normalized spacial score (nSPS) is 12.7. The Morgan fingerprint density at radius 2 is 0.913 bits per heavy atom. The van der Waals surface area contributed by atoms with E-state index < -0.39 is 11.0 Å². The fourth-order valence-electron chi connectivity index (χ4n) is 6.70. The van der Waals surface area contributed by atoms with E-state index in [1.807, 2.05) is 97.1 Å². The number of carbonyl (C=O) groups excluding carboxylic acids is 1. The first-order valence-corrected chi connectivity index (χ1v) is 20.8. The largest absolute Gasteiger partial charge is 2.00 e. The molecular weight excluding hydrogens is 951 g/mol. The SMILES string of the molecule is CO[S-](=O)=O.COc1ccc(-c2ccccc2C2OC2c2ccc(OC)c(OC)c2)cc1OC.COc1ccc(/C=C/c2ccccc2-c2ccc(OC)c(OC)c2)cc1OC.O=CO[O-].[K+].[Na+].[O-2]. The fourth-order valence-corrected chi connectivity index (χ4v) is 6.70. The molecule has 1 saturated heterocycles. The van der Waals surface area contributed by atoms with Gasteiger partial charge in [0.25, 0.3) is 6.47 Å². The van der Waals surface area contributed by atoms with Crippen LogP contribution in [0, 0.1) is 0 Å². The first kappa shape index (κ1) is 62.4. The molecule has 358 valence electrons. The van der Waals surface area contributed by atoms with Gasteiger partial charge >= 0.3 is 80.9 Å². The van der Waals surface area contributed by atoms with Crippen molar-refractivity contribution in [1.82, 2.24) is 0 Å². The van der Waals surface area contributed by atoms with Crippen LogP contribution in [0.3, 0.4) is 0 Å². The number of methoxy groups -OCH3 is 8. The molecule has 1 heterocycles. The number of ether oxygens (including phenoxy) is 9. The van der Waals surface area contributed by atoms with Crippen molar-refractivity contribution in [3.05, 3.63) is 144 Å². The molecule has 1 fully saturated rings. The Balaban J connectivity index is 0.000000566. The number of rotatable bonds is 16. The van der Waals surface area contributed by atoms with E-state index in [1.165, 1.54) is 0 Å². The first-order valence-electron chi connectivity index (χ1n) is 19.8. The van der Waals surface area contributed by atoms with Crippen LogP contribution in [0.2, 0.25) is 0 Å². The smallest absolute Gasteiger partial charge is 1.00 e. The van der Waals surface area contributed by atoms with Crippen LogP contribution >= 0.6 is 0 Å². The minimum absolute atomic E-state index is 0. The Bertz CT molecular complexity index is 2600. The van der Waals surface area contributed by atoms with Crippen molar-refractivity contribution in [3.8, 4) is 68.2 Å². The predicted octanol–water partition coefficient (Wildman–Crippen LogP) is 2.94. The summed E-state index contributed by atoms with van der Waals surface area (Å²) in [5.74, 6) is 5.66. The van der Waals surface area contributed by atoms with E-state index in [0.29, 0.717) is 46.0 Å². The van der Waals surface area contributed by atoms with Crippen molar-refractivity contribution < 1.29 is 157 Å². The maximum Gasteiger partial charge on any atom is 1.00 e. The summed E-state index contributed by atoms with van der Waals surface area (Å²) in [6, 6.07) is 40.2. The van der Waals surface area contributed by atoms with Gasteiger partial charge in [0, 0.05) is 7.11 Å². The van der Waals surface area contributed by atoms with Gasteiger partial charge in [0.1, 0.15) is 12.2 Å². The number of carbonyl (C=O) groups is 1. The molecule has 0 bridgehead atoms. The molecule has 0 saturated carbocycles. The van der Waals surface area contributed by atoms with Crippen molar-refractivity contribution in [2.75, 3.05) is 64.0 Å². The van der Waals surface area contributed by atoms with Crippen LogP contribution in [0.15, 0.2) is 121 Å². The standard InChI is InChI=1S/C24H24O5.C24H24O4.CH3O3S.CH2O3.K.Na.O/c1-25-19-11-9-15(13-21(19)27-3)17-7-5-6-8-18(17)24-23(29-24)16-10-12-20(26-2)22(14-16)28-4;1-25-21-13-10-17(15-23(21)27-3)9-11-18-7-5-6-8-20(18)19-12-14-22(26-2)24(16-19)28-4;1-4-5(2)3;2-1-4-3;;;/h5-14,23-24H,1-4H3;5-16H,1-4H3;1H3;1,3H;;;/q;;-1;;2*+1;-2/p-1/b;11-9+;;;;;. The van der Waals surface area contributed by atoms with Crippen molar-refractivity contribution in [1.29, 1.82) is 0 Å². The van der Waals surface area contributed by atoms with Gasteiger partial charge in [-0.1, -0.05) is 84.9 Å². The summed E-state index contributed by atoms with van der Waals surface area (Å²) >= 11 is 0. The summed E-state index contributed by atoms with van der Waals surface area (Å²) in [6.45, 7) is -0.181. The van der Waals surface area contributed by atoms with Crippen LogP contribution < -0.4 is 124 Å². The van der Waals surface area contributed by atoms with Crippen LogP contribution in [-0.4, -0.2) is 70.5 Å².